The van der Waals surface area contributed by atoms with E-state index in [1.54, 1.807) is 51.9 Å². The third kappa shape index (κ3) is 8.50. The van der Waals surface area contributed by atoms with E-state index >= 15 is 0 Å². The van der Waals surface area contributed by atoms with Crippen molar-refractivity contribution in [2.24, 2.45) is 0 Å². The molecule has 1 aromatic heterocycles. The highest BCUT2D eigenvalue weighted by atomic mass is 35.5. The van der Waals surface area contributed by atoms with Crippen LogP contribution in [0.2, 0.25) is 5.02 Å². The summed E-state index contributed by atoms with van der Waals surface area (Å²) in [4.78, 5) is 17.8. The zero-order chi connectivity index (χ0) is 33.0. The number of hydrogen-bond acceptors (Lipinski definition) is 10. The molecule has 2 aliphatic heterocycles. The van der Waals surface area contributed by atoms with Crippen LogP contribution in [0.1, 0.15) is 43.4 Å². The molecule has 1 unspecified atom stereocenters. The van der Waals surface area contributed by atoms with Gasteiger partial charge >= 0.3 is 0 Å². The van der Waals surface area contributed by atoms with E-state index in [9.17, 15) is 14.4 Å². The van der Waals surface area contributed by atoms with Gasteiger partial charge in [0.2, 0.25) is 0 Å². The predicted octanol–water partition coefficient (Wildman–Crippen LogP) is 8.41. The van der Waals surface area contributed by atoms with E-state index in [2.05, 4.69) is 16.4 Å². The van der Waals surface area contributed by atoms with Gasteiger partial charge in [-0.1, -0.05) is 45.3 Å². The predicted molar refractivity (Wildman–Crippen MR) is 184 cm³/mol. The zero-order valence-corrected chi connectivity index (χ0v) is 28.3. The van der Waals surface area contributed by atoms with E-state index < -0.39 is 5.79 Å². The number of rotatable bonds is 12. The van der Waals surface area contributed by atoms with Crippen LogP contribution >= 0.6 is 33.2 Å². The number of fused-ring (bicyclic) bond motifs is 1. The molecule has 2 atom stereocenters. The summed E-state index contributed by atoms with van der Waals surface area (Å²) in [6.45, 7) is 4.52. The van der Waals surface area contributed by atoms with Gasteiger partial charge in [0.1, 0.15) is 48.5 Å². The Hall–Kier alpha value is -3.53. The van der Waals surface area contributed by atoms with Crippen LogP contribution in [0, 0.1) is 17.1 Å². The zero-order valence-electron chi connectivity index (χ0n) is 25.9. The molecule has 3 heterocycles. The number of nitrogens with zero attached hydrogens (tertiary/aromatic N) is 2. The van der Waals surface area contributed by atoms with Crippen molar-refractivity contribution in [3.05, 3.63) is 88.3 Å². The quantitative estimate of drug-likeness (QED) is 0.146. The van der Waals surface area contributed by atoms with E-state index in [0.29, 0.717) is 73.8 Å². The molecule has 2 fully saturated rings. The summed E-state index contributed by atoms with van der Waals surface area (Å²) in [5.41, 5.74) is 3.44. The standard InChI is InChI=1S/C35H33ClFN3O5S2/c1-35(2)44-20-27(45-35)19-43-33-15-31-29(12-22(33)11-26(41)14-28-8-9-46-47-28)34(23(16-38)17-39-31)40-25-6-7-32(30(36)13-25)42-18-21-4-3-5-24(37)10-21/h3-7,10,12-13,15,17,27-28H,8-9,11,14,18-20H2,1-2H3,(H,39,40)/t27-,28?/m0/s1. The number of hydrogen-bond donors (Lipinski definition) is 1. The molecule has 2 aliphatic rings. The first-order chi connectivity index (χ1) is 22.7. The number of carbonyl (C=O) groups is 1. The molecule has 47 heavy (non-hydrogen) atoms. The minimum atomic E-state index is -0.683. The lowest BCUT2D eigenvalue weighted by Crippen LogP contribution is -2.25. The Morgan fingerprint density at radius 2 is 2.06 bits per heavy atom. The van der Waals surface area contributed by atoms with Gasteiger partial charge in [-0.15, -0.1) is 0 Å². The lowest BCUT2D eigenvalue weighted by atomic mass is 10.00. The monoisotopic (exact) mass is 693 g/mol. The van der Waals surface area contributed by atoms with E-state index in [4.69, 9.17) is 30.5 Å². The molecule has 6 rings (SSSR count). The maximum Gasteiger partial charge on any atom is 0.163 e. The summed E-state index contributed by atoms with van der Waals surface area (Å²) < 4.78 is 37.3. The second kappa shape index (κ2) is 14.7. The summed E-state index contributed by atoms with van der Waals surface area (Å²) >= 11 is 6.57. The molecular weight excluding hydrogens is 661 g/mol. The largest absolute Gasteiger partial charge is 0.490 e. The average molecular weight is 694 g/mol. The van der Waals surface area contributed by atoms with Gasteiger partial charge < -0.3 is 24.3 Å². The second-order valence-corrected chi connectivity index (χ2v) is 15.0. The van der Waals surface area contributed by atoms with Crippen LogP contribution in [0.25, 0.3) is 10.9 Å². The number of ketones is 1. The molecule has 12 heteroatoms. The molecule has 8 nitrogen and oxygen atoms in total. The van der Waals surface area contributed by atoms with E-state index in [1.165, 1.54) is 18.3 Å². The average Bonchev–Trinajstić information content (AvgIpc) is 3.68. The fourth-order valence-electron chi connectivity index (χ4n) is 5.46. The van der Waals surface area contributed by atoms with Gasteiger partial charge in [0.25, 0.3) is 0 Å². The highest BCUT2D eigenvalue weighted by Crippen LogP contribution is 2.40. The van der Waals surface area contributed by atoms with E-state index in [-0.39, 0.29) is 37.3 Å². The molecule has 0 bridgehead atoms. The summed E-state index contributed by atoms with van der Waals surface area (Å²) in [5, 5.41) is 14.7. The number of nitriles is 1. The van der Waals surface area contributed by atoms with Gasteiger partial charge in [0, 0.05) is 52.7 Å². The molecule has 0 saturated carbocycles. The second-order valence-electron chi connectivity index (χ2n) is 11.8. The lowest BCUT2D eigenvalue weighted by Gasteiger charge is -2.19. The molecule has 244 valence electrons. The first-order valence-electron chi connectivity index (χ1n) is 15.2. The lowest BCUT2D eigenvalue weighted by molar-refractivity contribution is -0.141. The van der Waals surface area contributed by atoms with Gasteiger partial charge in [-0.25, -0.2) is 4.39 Å². The number of carbonyl (C=O) groups excluding carboxylic acids is 1. The SMILES string of the molecule is CC1(C)OC[C@H](COc2cc3ncc(C#N)c(Nc4ccc(OCc5cccc(F)c5)c(Cl)c4)c3cc2CC(=O)CC2CCSS2)O1. The van der Waals surface area contributed by atoms with E-state index in [0.717, 1.165) is 12.2 Å². The number of pyridine rings is 1. The fraction of sp³-hybridized carbons (Fsp3) is 0.343. The first kappa shape index (κ1) is 33.4. The van der Waals surface area contributed by atoms with Crippen molar-refractivity contribution in [1.29, 1.82) is 5.26 Å². The van der Waals surface area contributed by atoms with Crippen molar-refractivity contribution in [1.82, 2.24) is 4.98 Å². The van der Waals surface area contributed by atoms with Crippen molar-refractivity contribution in [3.8, 4) is 17.6 Å². The van der Waals surface area contributed by atoms with Crippen LogP contribution in [0.4, 0.5) is 15.8 Å². The number of benzene rings is 3. The minimum Gasteiger partial charge on any atom is -0.490 e. The molecule has 0 spiro atoms. The van der Waals surface area contributed by atoms with Crippen molar-refractivity contribution in [2.45, 2.75) is 56.9 Å². The van der Waals surface area contributed by atoms with Crippen LogP contribution in [-0.4, -0.2) is 46.9 Å². The molecule has 0 radical (unpaired) electrons. The number of halogens is 2. The number of aromatic nitrogens is 1. The van der Waals surface area contributed by atoms with E-state index in [1.807, 2.05) is 26.0 Å². The summed E-state index contributed by atoms with van der Waals surface area (Å²) in [5.74, 6) is 1.12. The Labute approximate surface area is 285 Å². The highest BCUT2D eigenvalue weighted by Gasteiger charge is 2.33. The van der Waals surface area contributed by atoms with Crippen LogP contribution in [0.3, 0.4) is 0 Å². The van der Waals surface area contributed by atoms with Gasteiger partial charge in [-0.2, -0.15) is 5.26 Å². The van der Waals surface area contributed by atoms with Gasteiger partial charge in [-0.05, 0) is 62.2 Å². The summed E-state index contributed by atoms with van der Waals surface area (Å²) in [7, 11) is 3.58. The maximum absolute atomic E-state index is 13.6. The molecule has 0 aliphatic carbocycles. The molecule has 4 aromatic rings. The Morgan fingerprint density at radius 1 is 1.19 bits per heavy atom. The van der Waals surface area contributed by atoms with Crippen LogP contribution in [-0.2, 0) is 27.3 Å². The molecule has 0 amide bonds. The highest BCUT2D eigenvalue weighted by molar-refractivity contribution is 8.77. The summed E-state index contributed by atoms with van der Waals surface area (Å²) in [6.07, 6.45) is 2.92. The van der Waals surface area contributed by atoms with Crippen LogP contribution < -0.4 is 14.8 Å². The Kier molecular flexibility index (Phi) is 10.4. The third-order valence-electron chi connectivity index (χ3n) is 7.72. The van der Waals surface area contributed by atoms with Crippen LogP contribution in [0.15, 0.2) is 60.8 Å². The topological polar surface area (TPSA) is 103 Å². The van der Waals surface area contributed by atoms with Crippen LogP contribution in [0.5, 0.6) is 11.5 Å². The van der Waals surface area contributed by atoms with Crippen molar-refractivity contribution < 1.29 is 28.1 Å². The summed E-state index contributed by atoms with van der Waals surface area (Å²) in [6, 6.07) is 17.3. The maximum atomic E-state index is 13.6. The third-order valence-corrected chi connectivity index (χ3v) is 11.0. The Balaban J connectivity index is 1.27. The van der Waals surface area contributed by atoms with Gasteiger partial charge in [0.15, 0.2) is 5.79 Å². The first-order valence-corrected chi connectivity index (χ1v) is 18.0. The molecule has 1 N–H and O–H groups in total. The number of nitrogens with one attached hydrogen (secondary N) is 1. The van der Waals surface area contributed by atoms with Crippen molar-refractivity contribution in [3.63, 3.8) is 0 Å². The normalized spacial score (nSPS) is 18.6. The molecule has 2 saturated heterocycles. The number of Topliss-reactive ketones (excluding diaryl/α,β-unsaturated/α-hetero) is 1. The van der Waals surface area contributed by atoms with Gasteiger partial charge in [0.05, 0.1) is 28.4 Å². The van der Waals surface area contributed by atoms with Gasteiger partial charge in [-0.3, -0.25) is 9.78 Å². The van der Waals surface area contributed by atoms with Crippen molar-refractivity contribution >= 4 is 61.2 Å². The molecular formula is C35H33ClFN3O5S2. The Morgan fingerprint density at radius 3 is 2.79 bits per heavy atom. The Bertz CT molecular complexity index is 1830. The van der Waals surface area contributed by atoms with Crippen molar-refractivity contribution in [2.75, 3.05) is 24.3 Å². The minimum absolute atomic E-state index is 0.121. The fourth-order valence-corrected chi connectivity index (χ4v) is 8.63. The smallest absolute Gasteiger partial charge is 0.163 e. The number of anilines is 2. The number of ether oxygens (including phenoxy) is 4. The molecule has 3 aromatic carbocycles.